The average molecular weight is 184 g/mol. The van der Waals surface area contributed by atoms with Gasteiger partial charge in [-0.15, -0.1) is 0 Å². The Morgan fingerprint density at radius 3 is 2.54 bits per heavy atom. The van der Waals surface area contributed by atoms with Crippen LogP contribution in [-0.2, 0) is 0 Å². The van der Waals surface area contributed by atoms with Gasteiger partial charge in [0.25, 0.3) is 0 Å². The molecule has 0 radical (unpaired) electrons. The Kier molecular flexibility index (Phi) is 3.74. The third kappa shape index (κ3) is 2.68. The zero-order chi connectivity index (χ0) is 9.90. The molecule has 13 heavy (non-hydrogen) atoms. The van der Waals surface area contributed by atoms with Gasteiger partial charge in [0.15, 0.2) is 0 Å². The summed E-state index contributed by atoms with van der Waals surface area (Å²) in [7, 11) is 2.22. The largest absolute Gasteiger partial charge is 0.310 e. The summed E-state index contributed by atoms with van der Waals surface area (Å²) in [6, 6.07) is 0.658. The predicted octanol–water partition coefficient (Wildman–Crippen LogP) is 1.86. The predicted molar refractivity (Wildman–Crippen MR) is 58.0 cm³/mol. The van der Waals surface area contributed by atoms with Gasteiger partial charge in [-0.3, -0.25) is 0 Å². The Morgan fingerprint density at radius 2 is 2.15 bits per heavy atom. The molecule has 0 saturated carbocycles. The van der Waals surface area contributed by atoms with E-state index in [1.54, 1.807) is 0 Å². The minimum Gasteiger partial charge on any atom is -0.310 e. The molecule has 1 N–H and O–H groups in total. The molecule has 1 aliphatic rings. The highest BCUT2D eigenvalue weighted by molar-refractivity contribution is 4.94. The lowest BCUT2D eigenvalue weighted by molar-refractivity contribution is 0.187. The van der Waals surface area contributed by atoms with Crippen LogP contribution in [0, 0.1) is 0 Å². The third-order valence-electron chi connectivity index (χ3n) is 3.44. The van der Waals surface area contributed by atoms with Gasteiger partial charge < -0.3 is 10.2 Å². The molecule has 2 nitrogen and oxygen atoms in total. The second kappa shape index (κ2) is 4.43. The monoisotopic (exact) mass is 184 g/mol. The standard InChI is InChI=1S/C11H24N2/c1-5-11(7-6-8-12-11)9-13(4)10(2)3/h10,12H,5-9H2,1-4H3. The number of likely N-dealkylation sites (N-methyl/N-ethyl adjacent to an activating group) is 1. The normalized spacial score (nSPS) is 29.1. The molecule has 0 aromatic carbocycles. The van der Waals surface area contributed by atoms with Crippen LogP contribution in [0.5, 0.6) is 0 Å². The smallest absolute Gasteiger partial charge is 0.0306 e. The van der Waals surface area contributed by atoms with Gasteiger partial charge in [-0.05, 0) is 46.7 Å². The molecule has 0 bridgehead atoms. The highest BCUT2D eigenvalue weighted by Crippen LogP contribution is 2.24. The highest BCUT2D eigenvalue weighted by Gasteiger charge is 2.32. The van der Waals surface area contributed by atoms with Gasteiger partial charge >= 0.3 is 0 Å². The van der Waals surface area contributed by atoms with Crippen molar-refractivity contribution in [1.29, 1.82) is 0 Å². The molecule has 0 amide bonds. The van der Waals surface area contributed by atoms with E-state index >= 15 is 0 Å². The van der Waals surface area contributed by atoms with Gasteiger partial charge in [-0.25, -0.2) is 0 Å². The second-order valence-corrected chi connectivity index (χ2v) is 4.67. The molecule has 1 saturated heterocycles. The summed E-state index contributed by atoms with van der Waals surface area (Å²) in [6.07, 6.45) is 3.95. The molecule has 1 fully saturated rings. The van der Waals surface area contributed by atoms with Crippen molar-refractivity contribution in [1.82, 2.24) is 10.2 Å². The molecular weight excluding hydrogens is 160 g/mol. The minimum atomic E-state index is 0.416. The SMILES string of the molecule is CCC1(CN(C)C(C)C)CCCN1. The van der Waals surface area contributed by atoms with E-state index in [0.717, 1.165) is 0 Å². The lowest BCUT2D eigenvalue weighted by atomic mass is 9.93. The first-order valence-electron chi connectivity index (χ1n) is 5.55. The van der Waals surface area contributed by atoms with Gasteiger partial charge in [0.2, 0.25) is 0 Å². The lowest BCUT2D eigenvalue weighted by Gasteiger charge is -2.35. The fourth-order valence-electron chi connectivity index (χ4n) is 2.08. The Hall–Kier alpha value is -0.0800. The minimum absolute atomic E-state index is 0.416. The zero-order valence-electron chi connectivity index (χ0n) is 9.56. The van der Waals surface area contributed by atoms with Crippen molar-refractivity contribution in [2.45, 2.75) is 51.6 Å². The maximum Gasteiger partial charge on any atom is 0.0306 e. The number of hydrogen-bond acceptors (Lipinski definition) is 2. The van der Waals surface area contributed by atoms with Crippen molar-refractivity contribution in [3.05, 3.63) is 0 Å². The maximum atomic E-state index is 3.66. The van der Waals surface area contributed by atoms with E-state index in [0.29, 0.717) is 11.6 Å². The molecular formula is C11H24N2. The number of nitrogens with one attached hydrogen (secondary N) is 1. The summed E-state index contributed by atoms with van der Waals surface area (Å²) in [4.78, 5) is 2.45. The van der Waals surface area contributed by atoms with E-state index in [1.807, 2.05) is 0 Å². The molecule has 1 atom stereocenters. The maximum absolute atomic E-state index is 3.66. The van der Waals surface area contributed by atoms with Gasteiger partial charge in [0, 0.05) is 18.1 Å². The van der Waals surface area contributed by atoms with Crippen LogP contribution in [0.25, 0.3) is 0 Å². The Labute approximate surface area is 82.7 Å². The molecule has 2 heteroatoms. The Bertz CT molecular complexity index is 148. The van der Waals surface area contributed by atoms with Crippen LogP contribution in [-0.4, -0.2) is 36.6 Å². The Morgan fingerprint density at radius 1 is 1.46 bits per heavy atom. The quantitative estimate of drug-likeness (QED) is 0.717. The van der Waals surface area contributed by atoms with Gasteiger partial charge in [-0.2, -0.15) is 0 Å². The van der Waals surface area contributed by atoms with E-state index < -0.39 is 0 Å². The molecule has 1 heterocycles. The van der Waals surface area contributed by atoms with Gasteiger partial charge in [0.05, 0.1) is 0 Å². The highest BCUT2D eigenvalue weighted by atomic mass is 15.2. The molecule has 0 aromatic rings. The fraction of sp³-hybridized carbons (Fsp3) is 1.00. The summed E-state index contributed by atoms with van der Waals surface area (Å²) in [5, 5.41) is 3.66. The molecule has 1 aliphatic heterocycles. The van der Waals surface area contributed by atoms with Crippen LogP contribution in [0.1, 0.15) is 40.0 Å². The van der Waals surface area contributed by atoms with E-state index in [2.05, 4.69) is 38.0 Å². The van der Waals surface area contributed by atoms with Crippen LogP contribution < -0.4 is 5.32 Å². The molecule has 1 rings (SSSR count). The average Bonchev–Trinajstić information content (AvgIpc) is 2.54. The summed E-state index contributed by atoms with van der Waals surface area (Å²) >= 11 is 0. The molecule has 0 spiro atoms. The molecule has 0 aromatic heterocycles. The Balaban J connectivity index is 2.48. The first kappa shape index (κ1) is 11.0. The van der Waals surface area contributed by atoms with Crippen LogP contribution in [0.4, 0.5) is 0 Å². The van der Waals surface area contributed by atoms with E-state index in [9.17, 15) is 0 Å². The fourth-order valence-corrected chi connectivity index (χ4v) is 2.08. The van der Waals surface area contributed by atoms with Crippen molar-refractivity contribution >= 4 is 0 Å². The van der Waals surface area contributed by atoms with Crippen molar-refractivity contribution in [2.24, 2.45) is 0 Å². The van der Waals surface area contributed by atoms with E-state index in [4.69, 9.17) is 0 Å². The van der Waals surface area contributed by atoms with Gasteiger partial charge in [0.1, 0.15) is 0 Å². The number of hydrogen-bond donors (Lipinski definition) is 1. The van der Waals surface area contributed by atoms with Crippen LogP contribution >= 0.6 is 0 Å². The topological polar surface area (TPSA) is 15.3 Å². The lowest BCUT2D eigenvalue weighted by Crippen LogP contribution is -2.49. The summed E-state index contributed by atoms with van der Waals surface area (Å²) < 4.78 is 0. The number of nitrogens with zero attached hydrogens (tertiary/aromatic N) is 1. The molecule has 0 aliphatic carbocycles. The zero-order valence-corrected chi connectivity index (χ0v) is 9.56. The number of rotatable bonds is 4. The van der Waals surface area contributed by atoms with E-state index in [1.165, 1.54) is 32.4 Å². The van der Waals surface area contributed by atoms with Crippen LogP contribution in [0.15, 0.2) is 0 Å². The van der Waals surface area contributed by atoms with Crippen LogP contribution in [0.3, 0.4) is 0 Å². The second-order valence-electron chi connectivity index (χ2n) is 4.67. The molecule has 1 unspecified atom stereocenters. The first-order chi connectivity index (χ1) is 6.09. The first-order valence-corrected chi connectivity index (χ1v) is 5.55. The summed E-state index contributed by atoms with van der Waals surface area (Å²) in [5.41, 5.74) is 0.416. The van der Waals surface area contributed by atoms with Crippen molar-refractivity contribution in [3.63, 3.8) is 0 Å². The van der Waals surface area contributed by atoms with Crippen LogP contribution in [0.2, 0.25) is 0 Å². The van der Waals surface area contributed by atoms with Crippen molar-refractivity contribution in [2.75, 3.05) is 20.1 Å². The summed E-state index contributed by atoms with van der Waals surface area (Å²) in [5.74, 6) is 0. The van der Waals surface area contributed by atoms with E-state index in [-0.39, 0.29) is 0 Å². The van der Waals surface area contributed by atoms with Gasteiger partial charge in [-0.1, -0.05) is 6.92 Å². The summed E-state index contributed by atoms with van der Waals surface area (Å²) in [6.45, 7) is 9.23. The van der Waals surface area contributed by atoms with Crippen molar-refractivity contribution < 1.29 is 0 Å². The third-order valence-corrected chi connectivity index (χ3v) is 3.44. The molecule has 78 valence electrons. The van der Waals surface area contributed by atoms with Crippen molar-refractivity contribution in [3.8, 4) is 0 Å².